The first-order valence-electron chi connectivity index (χ1n) is 8.67. The van der Waals surface area contributed by atoms with Crippen molar-refractivity contribution in [2.24, 2.45) is 0 Å². The number of nitrogens with zero attached hydrogens (tertiary/aromatic N) is 2. The van der Waals surface area contributed by atoms with Crippen molar-refractivity contribution in [1.29, 1.82) is 0 Å². The highest BCUT2D eigenvalue weighted by Crippen LogP contribution is 2.26. The summed E-state index contributed by atoms with van der Waals surface area (Å²) in [5.74, 6) is 0.253. The first-order chi connectivity index (χ1) is 13.2. The molecule has 7 nitrogen and oxygen atoms in total. The van der Waals surface area contributed by atoms with E-state index in [1.165, 1.54) is 7.11 Å². The van der Waals surface area contributed by atoms with E-state index < -0.39 is 5.97 Å². The Labute approximate surface area is 155 Å². The van der Waals surface area contributed by atoms with Gasteiger partial charge in [0.25, 0.3) is 5.91 Å². The molecule has 1 aliphatic heterocycles. The Bertz CT molecular complexity index is 997. The van der Waals surface area contributed by atoms with Crippen molar-refractivity contribution in [3.8, 4) is 0 Å². The van der Waals surface area contributed by atoms with Crippen LogP contribution in [0.3, 0.4) is 0 Å². The maximum absolute atomic E-state index is 12.3. The molecule has 7 heteroatoms. The zero-order valence-corrected chi connectivity index (χ0v) is 14.8. The number of hydrogen-bond acceptors (Lipinski definition) is 5. The lowest BCUT2D eigenvalue weighted by Gasteiger charge is -2.26. The van der Waals surface area contributed by atoms with Gasteiger partial charge in [0.05, 0.1) is 36.4 Å². The fourth-order valence-corrected chi connectivity index (χ4v) is 3.32. The molecule has 0 radical (unpaired) electrons. The van der Waals surface area contributed by atoms with Gasteiger partial charge >= 0.3 is 5.97 Å². The second kappa shape index (κ2) is 7.20. The van der Waals surface area contributed by atoms with Crippen molar-refractivity contribution in [2.45, 2.75) is 12.6 Å². The van der Waals surface area contributed by atoms with Crippen molar-refractivity contribution in [2.75, 3.05) is 20.3 Å². The van der Waals surface area contributed by atoms with Gasteiger partial charge in [-0.15, -0.1) is 0 Å². The van der Waals surface area contributed by atoms with Gasteiger partial charge in [-0.1, -0.05) is 18.2 Å². The van der Waals surface area contributed by atoms with Crippen molar-refractivity contribution < 1.29 is 19.1 Å². The highest BCUT2D eigenvalue weighted by Gasteiger charge is 2.25. The van der Waals surface area contributed by atoms with Crippen LogP contribution in [0, 0.1) is 0 Å². The van der Waals surface area contributed by atoms with E-state index in [0.717, 1.165) is 11.3 Å². The van der Waals surface area contributed by atoms with Crippen LogP contribution in [0.25, 0.3) is 11.0 Å². The molecule has 0 saturated heterocycles. The molecule has 2 aromatic carbocycles. The highest BCUT2D eigenvalue weighted by atomic mass is 16.5. The number of benzene rings is 2. The summed E-state index contributed by atoms with van der Waals surface area (Å²) >= 11 is 0. The molecule has 0 saturated carbocycles. The highest BCUT2D eigenvalue weighted by molar-refractivity contribution is 5.94. The fourth-order valence-electron chi connectivity index (χ4n) is 3.32. The van der Waals surface area contributed by atoms with Crippen molar-refractivity contribution in [3.05, 3.63) is 65.5 Å². The Hall–Kier alpha value is -3.19. The molecule has 0 spiro atoms. The summed E-state index contributed by atoms with van der Waals surface area (Å²) in [5.41, 5.74) is 2.68. The molecule has 1 atom stereocenters. The normalized spacial score (nSPS) is 16.0. The summed E-state index contributed by atoms with van der Waals surface area (Å²) in [4.78, 5) is 28.7. The van der Waals surface area contributed by atoms with Gasteiger partial charge in [-0.3, -0.25) is 4.79 Å². The summed E-state index contributed by atoms with van der Waals surface area (Å²) < 4.78 is 12.5. The molecule has 27 heavy (non-hydrogen) atoms. The lowest BCUT2D eigenvalue weighted by molar-refractivity contribution is 0.0553. The van der Waals surface area contributed by atoms with Gasteiger partial charge in [0, 0.05) is 12.1 Å². The van der Waals surface area contributed by atoms with Crippen molar-refractivity contribution in [1.82, 2.24) is 14.9 Å². The third kappa shape index (κ3) is 3.29. The molecule has 2 heterocycles. The smallest absolute Gasteiger partial charge is 0.337 e. The van der Waals surface area contributed by atoms with E-state index in [0.29, 0.717) is 36.4 Å². The molecular weight excluding hydrogens is 346 g/mol. The summed E-state index contributed by atoms with van der Waals surface area (Å²) in [6.07, 6.45) is 0. The van der Waals surface area contributed by atoms with Crippen LogP contribution in [-0.2, 0) is 16.1 Å². The minimum absolute atomic E-state index is 0.0737. The number of esters is 1. The van der Waals surface area contributed by atoms with E-state index in [4.69, 9.17) is 9.47 Å². The number of imidazole rings is 1. The number of nitrogens with one attached hydrogen (secondary N) is 1. The number of amides is 1. The topological polar surface area (TPSA) is 82.5 Å². The molecule has 1 amide bonds. The van der Waals surface area contributed by atoms with E-state index in [-0.39, 0.29) is 11.9 Å². The first kappa shape index (κ1) is 17.2. The molecule has 3 aromatic rings. The Kier molecular flexibility index (Phi) is 4.60. The number of carbonyl (C=O) groups excluding carboxylic acids is 2. The maximum atomic E-state index is 12.3. The van der Waals surface area contributed by atoms with E-state index in [1.807, 2.05) is 24.3 Å². The number of hydrogen-bond donors (Lipinski definition) is 1. The standard InChI is InChI=1S/C20H19N3O4/c1-26-20(25)14-7-8-17-16(9-14)22-18-12-27-11-15(23(17)18)10-21-19(24)13-5-3-2-4-6-13/h2-9,15H,10-12H2,1H3,(H,21,24)/t15-/m0/s1. The molecule has 138 valence electrons. The summed E-state index contributed by atoms with van der Waals surface area (Å²) in [7, 11) is 1.35. The van der Waals surface area contributed by atoms with Gasteiger partial charge in [0.2, 0.25) is 0 Å². The largest absolute Gasteiger partial charge is 0.465 e. The minimum atomic E-state index is -0.397. The van der Waals surface area contributed by atoms with Gasteiger partial charge in [-0.25, -0.2) is 9.78 Å². The molecule has 4 rings (SSSR count). The van der Waals surface area contributed by atoms with Gasteiger partial charge in [-0.2, -0.15) is 0 Å². The zero-order chi connectivity index (χ0) is 18.8. The molecule has 0 aliphatic carbocycles. The molecule has 0 bridgehead atoms. The van der Waals surface area contributed by atoms with Crippen LogP contribution < -0.4 is 5.32 Å². The fraction of sp³-hybridized carbons (Fsp3) is 0.250. The van der Waals surface area contributed by atoms with Gasteiger partial charge < -0.3 is 19.4 Å². The van der Waals surface area contributed by atoms with E-state index in [9.17, 15) is 9.59 Å². The van der Waals surface area contributed by atoms with Crippen LogP contribution in [-0.4, -0.2) is 41.7 Å². The van der Waals surface area contributed by atoms with Crippen molar-refractivity contribution >= 4 is 22.9 Å². The predicted molar refractivity (Wildman–Crippen MR) is 98.5 cm³/mol. The number of carbonyl (C=O) groups is 2. The lowest BCUT2D eigenvalue weighted by atomic mass is 10.2. The Morgan fingerprint density at radius 1 is 1.22 bits per heavy atom. The maximum Gasteiger partial charge on any atom is 0.337 e. The Morgan fingerprint density at radius 2 is 2.04 bits per heavy atom. The van der Waals surface area contributed by atoms with Crippen LogP contribution in [0.1, 0.15) is 32.6 Å². The third-order valence-corrected chi connectivity index (χ3v) is 4.62. The van der Waals surface area contributed by atoms with Crippen LogP contribution in [0.5, 0.6) is 0 Å². The average Bonchev–Trinajstić information content (AvgIpc) is 3.10. The van der Waals surface area contributed by atoms with Gasteiger partial charge in [0.1, 0.15) is 12.4 Å². The van der Waals surface area contributed by atoms with E-state index >= 15 is 0 Å². The molecular formula is C20H19N3O4. The first-order valence-corrected chi connectivity index (χ1v) is 8.67. The molecule has 1 N–H and O–H groups in total. The lowest BCUT2D eigenvalue weighted by Crippen LogP contribution is -2.35. The summed E-state index contributed by atoms with van der Waals surface area (Å²) in [6.45, 7) is 1.29. The van der Waals surface area contributed by atoms with Crippen LogP contribution in [0.15, 0.2) is 48.5 Å². The second-order valence-electron chi connectivity index (χ2n) is 6.34. The number of fused-ring (bicyclic) bond motifs is 3. The Balaban J connectivity index is 1.59. The van der Waals surface area contributed by atoms with Crippen LogP contribution in [0.2, 0.25) is 0 Å². The molecule has 1 aliphatic rings. The average molecular weight is 365 g/mol. The summed E-state index contributed by atoms with van der Waals surface area (Å²) in [5, 5.41) is 2.96. The monoisotopic (exact) mass is 365 g/mol. The van der Waals surface area contributed by atoms with Crippen LogP contribution >= 0.6 is 0 Å². The number of aromatic nitrogens is 2. The van der Waals surface area contributed by atoms with Crippen molar-refractivity contribution in [3.63, 3.8) is 0 Å². The predicted octanol–water partition coefficient (Wildman–Crippen LogP) is 2.32. The quantitative estimate of drug-likeness (QED) is 0.718. The summed E-state index contributed by atoms with van der Waals surface area (Å²) in [6, 6.07) is 14.3. The molecule has 0 unspecified atom stereocenters. The van der Waals surface area contributed by atoms with Gasteiger partial charge in [-0.05, 0) is 30.3 Å². The number of ether oxygens (including phenoxy) is 2. The third-order valence-electron chi connectivity index (χ3n) is 4.62. The SMILES string of the molecule is COC(=O)c1ccc2c(c1)nc1n2[C@@H](CNC(=O)c2ccccc2)COC1. The van der Waals surface area contributed by atoms with Gasteiger partial charge in [0.15, 0.2) is 0 Å². The van der Waals surface area contributed by atoms with E-state index in [2.05, 4.69) is 14.9 Å². The van der Waals surface area contributed by atoms with Crippen LogP contribution in [0.4, 0.5) is 0 Å². The zero-order valence-electron chi connectivity index (χ0n) is 14.8. The Morgan fingerprint density at radius 3 is 2.81 bits per heavy atom. The second-order valence-corrected chi connectivity index (χ2v) is 6.34. The number of rotatable bonds is 4. The molecule has 1 aromatic heterocycles. The van der Waals surface area contributed by atoms with E-state index in [1.54, 1.807) is 24.3 Å². The minimum Gasteiger partial charge on any atom is -0.465 e. The molecule has 0 fully saturated rings. The number of methoxy groups -OCH3 is 1.